The molecule has 0 saturated carbocycles. The average Bonchev–Trinajstić information content (AvgIpc) is 2.56. The Morgan fingerprint density at radius 2 is 1.65 bits per heavy atom. The van der Waals surface area contributed by atoms with Crippen molar-refractivity contribution in [1.29, 1.82) is 0 Å². The predicted octanol–water partition coefficient (Wildman–Crippen LogP) is 3.90. The summed E-state index contributed by atoms with van der Waals surface area (Å²) in [5, 5.41) is 0. The molecule has 0 radical (unpaired) electrons. The van der Waals surface area contributed by atoms with Gasteiger partial charge in [0.2, 0.25) is 10.0 Å². The van der Waals surface area contributed by atoms with Crippen LogP contribution in [0.3, 0.4) is 0 Å². The van der Waals surface area contributed by atoms with Crippen molar-refractivity contribution in [2.45, 2.75) is 24.7 Å². The van der Waals surface area contributed by atoms with Crippen LogP contribution in [-0.4, -0.2) is 25.8 Å². The molecule has 1 aliphatic heterocycles. The van der Waals surface area contributed by atoms with Crippen LogP contribution in [0.2, 0.25) is 0 Å². The Morgan fingerprint density at radius 3 is 2.30 bits per heavy atom. The molecule has 23 heavy (non-hydrogen) atoms. The molecule has 0 amide bonds. The summed E-state index contributed by atoms with van der Waals surface area (Å²) in [5.41, 5.74) is 0. The van der Waals surface area contributed by atoms with E-state index in [4.69, 9.17) is 4.74 Å². The Bertz CT molecular complexity index is 742. The predicted molar refractivity (Wildman–Crippen MR) is 90.1 cm³/mol. The number of hydrogen-bond acceptors (Lipinski definition) is 3. The highest BCUT2D eigenvalue weighted by molar-refractivity contribution is 7.89. The number of hydrogen-bond donors (Lipinski definition) is 0. The maximum Gasteiger partial charge on any atom is 0.243 e. The molecular formula is C18H21NO3S. The Kier molecular flexibility index (Phi) is 4.68. The van der Waals surface area contributed by atoms with Crippen LogP contribution in [0.25, 0.3) is 0 Å². The van der Waals surface area contributed by atoms with Crippen molar-refractivity contribution in [3.8, 4) is 11.5 Å². The number of sulfonamides is 1. The smallest absolute Gasteiger partial charge is 0.243 e. The van der Waals surface area contributed by atoms with Crippen LogP contribution in [-0.2, 0) is 10.0 Å². The molecule has 122 valence electrons. The quantitative estimate of drug-likeness (QED) is 0.853. The molecule has 1 atom stereocenters. The molecule has 2 aromatic rings. The number of para-hydroxylation sites is 1. The van der Waals surface area contributed by atoms with E-state index in [0.717, 1.165) is 18.6 Å². The lowest BCUT2D eigenvalue weighted by molar-refractivity contribution is 0.281. The molecule has 0 aliphatic carbocycles. The fourth-order valence-corrected chi connectivity index (χ4v) is 4.42. The molecule has 1 heterocycles. The summed E-state index contributed by atoms with van der Waals surface area (Å²) in [6.07, 6.45) is 2.02. The number of piperidine rings is 1. The largest absolute Gasteiger partial charge is 0.457 e. The minimum atomic E-state index is -3.41. The van der Waals surface area contributed by atoms with E-state index >= 15 is 0 Å². The van der Waals surface area contributed by atoms with E-state index in [1.807, 2.05) is 30.3 Å². The lowest BCUT2D eigenvalue weighted by atomic mass is 10.0. The van der Waals surface area contributed by atoms with E-state index in [1.54, 1.807) is 28.6 Å². The lowest BCUT2D eigenvalue weighted by Crippen LogP contribution is -2.39. The SMILES string of the molecule is C[C@H]1CCCN(S(=O)(=O)c2ccc(Oc3ccccc3)cc2)C1. The standard InChI is InChI=1S/C18H21NO3S/c1-15-6-5-13-19(14-15)23(20,21)18-11-9-17(10-12-18)22-16-7-3-2-4-8-16/h2-4,7-12,15H,5-6,13-14H2,1H3/t15-/m0/s1. The van der Waals surface area contributed by atoms with Gasteiger partial charge in [-0.1, -0.05) is 25.1 Å². The molecule has 4 nitrogen and oxygen atoms in total. The second-order valence-electron chi connectivity index (χ2n) is 6.00. The number of ether oxygens (including phenoxy) is 1. The van der Waals surface area contributed by atoms with Crippen LogP contribution in [0.15, 0.2) is 59.5 Å². The highest BCUT2D eigenvalue weighted by Crippen LogP contribution is 2.26. The van der Waals surface area contributed by atoms with E-state index in [-0.39, 0.29) is 0 Å². The van der Waals surface area contributed by atoms with Gasteiger partial charge in [0.1, 0.15) is 11.5 Å². The normalized spacial score (nSPS) is 19.4. The fourth-order valence-electron chi connectivity index (χ4n) is 2.82. The van der Waals surface area contributed by atoms with Gasteiger partial charge >= 0.3 is 0 Å². The average molecular weight is 331 g/mol. The van der Waals surface area contributed by atoms with Crippen molar-refractivity contribution < 1.29 is 13.2 Å². The first-order chi connectivity index (χ1) is 11.1. The Balaban J connectivity index is 1.76. The maximum atomic E-state index is 12.7. The van der Waals surface area contributed by atoms with Crippen LogP contribution in [0.4, 0.5) is 0 Å². The summed E-state index contributed by atoms with van der Waals surface area (Å²) in [5.74, 6) is 1.77. The van der Waals surface area contributed by atoms with Gasteiger partial charge in [0, 0.05) is 13.1 Å². The molecule has 1 saturated heterocycles. The van der Waals surface area contributed by atoms with Gasteiger partial charge in [-0.25, -0.2) is 8.42 Å². The first-order valence-corrected chi connectivity index (χ1v) is 9.33. The summed E-state index contributed by atoms with van der Waals surface area (Å²) in [7, 11) is -3.41. The van der Waals surface area contributed by atoms with Gasteiger partial charge in [0.15, 0.2) is 0 Å². The fraction of sp³-hybridized carbons (Fsp3) is 0.333. The highest BCUT2D eigenvalue weighted by Gasteiger charge is 2.28. The van der Waals surface area contributed by atoms with Crippen LogP contribution in [0, 0.1) is 5.92 Å². The topological polar surface area (TPSA) is 46.6 Å². The monoisotopic (exact) mass is 331 g/mol. The minimum Gasteiger partial charge on any atom is -0.457 e. The van der Waals surface area contributed by atoms with Crippen LogP contribution in [0.5, 0.6) is 11.5 Å². The van der Waals surface area contributed by atoms with E-state index in [0.29, 0.717) is 29.7 Å². The molecule has 2 aromatic carbocycles. The lowest BCUT2D eigenvalue weighted by Gasteiger charge is -2.30. The van der Waals surface area contributed by atoms with Crippen molar-refractivity contribution in [2.75, 3.05) is 13.1 Å². The molecule has 0 bridgehead atoms. The second kappa shape index (κ2) is 6.72. The highest BCUT2D eigenvalue weighted by atomic mass is 32.2. The molecule has 0 unspecified atom stereocenters. The first-order valence-electron chi connectivity index (χ1n) is 7.89. The van der Waals surface area contributed by atoms with Gasteiger partial charge < -0.3 is 4.74 Å². The van der Waals surface area contributed by atoms with Crippen molar-refractivity contribution >= 4 is 10.0 Å². The Morgan fingerprint density at radius 1 is 1.00 bits per heavy atom. The van der Waals surface area contributed by atoms with E-state index in [2.05, 4.69) is 6.92 Å². The molecule has 5 heteroatoms. The summed E-state index contributed by atoms with van der Waals surface area (Å²) < 4.78 is 32.7. The van der Waals surface area contributed by atoms with Crippen molar-refractivity contribution in [3.05, 3.63) is 54.6 Å². The molecule has 0 aromatic heterocycles. The molecule has 1 fully saturated rings. The zero-order valence-corrected chi connectivity index (χ0v) is 14.0. The molecule has 0 N–H and O–H groups in total. The van der Waals surface area contributed by atoms with E-state index in [9.17, 15) is 8.42 Å². The third-order valence-electron chi connectivity index (χ3n) is 4.06. The van der Waals surface area contributed by atoms with Gasteiger partial charge in [-0.3, -0.25) is 0 Å². The van der Waals surface area contributed by atoms with Crippen LogP contribution >= 0.6 is 0 Å². The maximum absolute atomic E-state index is 12.7. The number of nitrogens with zero attached hydrogens (tertiary/aromatic N) is 1. The third kappa shape index (κ3) is 3.74. The zero-order chi connectivity index (χ0) is 16.3. The third-order valence-corrected chi connectivity index (χ3v) is 5.94. The van der Waals surface area contributed by atoms with Crippen molar-refractivity contribution in [1.82, 2.24) is 4.31 Å². The van der Waals surface area contributed by atoms with Crippen molar-refractivity contribution in [3.63, 3.8) is 0 Å². The van der Waals surface area contributed by atoms with Gasteiger partial charge in [-0.2, -0.15) is 4.31 Å². The van der Waals surface area contributed by atoms with Crippen molar-refractivity contribution in [2.24, 2.45) is 5.92 Å². The van der Waals surface area contributed by atoms with Crippen LogP contribution in [0.1, 0.15) is 19.8 Å². The first kappa shape index (κ1) is 16.0. The van der Waals surface area contributed by atoms with Gasteiger partial charge in [-0.05, 0) is 55.2 Å². The Labute approximate surface area is 137 Å². The number of rotatable bonds is 4. The summed E-state index contributed by atoms with van der Waals surface area (Å²) in [6, 6.07) is 16.1. The minimum absolute atomic E-state index is 0.326. The van der Waals surface area contributed by atoms with Gasteiger partial charge in [0.05, 0.1) is 4.90 Å². The van der Waals surface area contributed by atoms with Gasteiger partial charge in [-0.15, -0.1) is 0 Å². The summed E-state index contributed by atoms with van der Waals surface area (Å²) in [6.45, 7) is 3.30. The molecular weight excluding hydrogens is 310 g/mol. The summed E-state index contributed by atoms with van der Waals surface area (Å²) in [4.78, 5) is 0.326. The molecule has 0 spiro atoms. The van der Waals surface area contributed by atoms with Gasteiger partial charge in [0.25, 0.3) is 0 Å². The van der Waals surface area contributed by atoms with Crippen LogP contribution < -0.4 is 4.74 Å². The second-order valence-corrected chi connectivity index (χ2v) is 7.93. The zero-order valence-electron chi connectivity index (χ0n) is 13.2. The summed E-state index contributed by atoms with van der Waals surface area (Å²) >= 11 is 0. The van der Waals surface area contributed by atoms with E-state index < -0.39 is 10.0 Å². The molecule has 1 aliphatic rings. The number of benzene rings is 2. The Hall–Kier alpha value is -1.85. The van der Waals surface area contributed by atoms with E-state index in [1.165, 1.54) is 0 Å². The molecule has 3 rings (SSSR count).